The molecule has 6 heteroatoms. The van der Waals surface area contributed by atoms with Crippen LogP contribution in [0.3, 0.4) is 0 Å². The van der Waals surface area contributed by atoms with Gasteiger partial charge in [-0.25, -0.2) is 0 Å². The summed E-state index contributed by atoms with van der Waals surface area (Å²) in [5, 5.41) is 23.4. The average molecular weight is 1110 g/mol. The van der Waals surface area contributed by atoms with Gasteiger partial charge in [-0.15, -0.1) is 0 Å². The third-order valence-electron chi connectivity index (χ3n) is 17.3. The molecule has 0 aromatic carbocycles. The molecule has 470 valence electrons. The molecule has 0 aliphatic rings. The number of carbonyl (C=O) groups is 2. The van der Waals surface area contributed by atoms with E-state index in [1.165, 1.54) is 340 Å². The van der Waals surface area contributed by atoms with Crippen molar-refractivity contribution in [2.75, 3.05) is 13.2 Å². The van der Waals surface area contributed by atoms with E-state index < -0.39 is 12.1 Å². The SMILES string of the molecule is CCCCCCCCC/C=C\CCCCCCCCCC(=O)OCCCCCCCCCCCCCCCCCCCCCCCCCCCCC(=O)NC(CO)C(O)CCCCCCCCCCCCCCCCCCCC. The van der Waals surface area contributed by atoms with Crippen LogP contribution in [0.4, 0.5) is 0 Å². The van der Waals surface area contributed by atoms with E-state index in [0.717, 1.165) is 44.9 Å². The second kappa shape index (κ2) is 69.1. The van der Waals surface area contributed by atoms with E-state index in [9.17, 15) is 19.8 Å². The zero-order valence-electron chi connectivity index (χ0n) is 53.9. The van der Waals surface area contributed by atoms with Gasteiger partial charge in [-0.3, -0.25) is 9.59 Å². The summed E-state index contributed by atoms with van der Waals surface area (Å²) in [6.07, 6.45) is 85.5. The standard InChI is InChI=1S/C73H143NO5/c1-3-5-7-9-11-13-15-17-19-21-33-37-41-45-49-53-57-61-65-71(76)70(69-75)74-72(77)66-62-58-54-50-46-42-38-34-31-29-27-25-23-24-26-28-30-32-36-40-44-48-52-56-60-64-68-79-73(78)67-63-59-55-51-47-43-39-35-22-20-18-16-14-12-10-8-6-4-2/h20,22,70-71,75-76H,3-19,21,23-69H2,1-2H3,(H,74,77)/b22-20-. The molecule has 0 heterocycles. The number of aliphatic hydroxyl groups is 2. The minimum absolute atomic E-state index is 0.0156. The smallest absolute Gasteiger partial charge is 0.305 e. The van der Waals surface area contributed by atoms with Gasteiger partial charge in [0.1, 0.15) is 0 Å². The molecule has 3 N–H and O–H groups in total. The van der Waals surface area contributed by atoms with Crippen LogP contribution < -0.4 is 5.32 Å². The molecule has 79 heavy (non-hydrogen) atoms. The van der Waals surface area contributed by atoms with Crippen molar-refractivity contribution in [3.05, 3.63) is 12.2 Å². The van der Waals surface area contributed by atoms with E-state index in [1.54, 1.807) is 0 Å². The lowest BCUT2D eigenvalue weighted by molar-refractivity contribution is -0.143. The lowest BCUT2D eigenvalue weighted by Gasteiger charge is -2.22. The van der Waals surface area contributed by atoms with Gasteiger partial charge in [0.2, 0.25) is 5.91 Å². The lowest BCUT2D eigenvalue weighted by atomic mass is 10.0. The summed E-state index contributed by atoms with van der Waals surface area (Å²) >= 11 is 0. The number of ether oxygens (including phenoxy) is 1. The molecule has 0 spiro atoms. The van der Waals surface area contributed by atoms with E-state index in [-0.39, 0.29) is 18.5 Å². The summed E-state index contributed by atoms with van der Waals surface area (Å²) in [6.45, 7) is 5.00. The van der Waals surface area contributed by atoms with Crippen molar-refractivity contribution in [3.8, 4) is 0 Å². The molecule has 0 aliphatic carbocycles. The molecule has 2 atom stereocenters. The lowest BCUT2D eigenvalue weighted by Crippen LogP contribution is -2.45. The van der Waals surface area contributed by atoms with Gasteiger partial charge in [-0.1, -0.05) is 366 Å². The second-order valence-electron chi connectivity index (χ2n) is 25.3. The van der Waals surface area contributed by atoms with Crippen molar-refractivity contribution in [2.24, 2.45) is 0 Å². The van der Waals surface area contributed by atoms with Gasteiger partial charge in [-0.05, 0) is 51.4 Å². The van der Waals surface area contributed by atoms with Crippen molar-refractivity contribution in [1.29, 1.82) is 0 Å². The second-order valence-corrected chi connectivity index (χ2v) is 25.3. The van der Waals surface area contributed by atoms with Gasteiger partial charge >= 0.3 is 5.97 Å². The maximum absolute atomic E-state index is 12.5. The number of amides is 1. The molecule has 0 fully saturated rings. The molecule has 0 aliphatic heterocycles. The fourth-order valence-electron chi connectivity index (χ4n) is 11.8. The highest BCUT2D eigenvalue weighted by Crippen LogP contribution is 2.19. The van der Waals surface area contributed by atoms with E-state index >= 15 is 0 Å². The molecule has 1 amide bonds. The van der Waals surface area contributed by atoms with Crippen LogP contribution in [0.1, 0.15) is 418 Å². The highest BCUT2D eigenvalue weighted by atomic mass is 16.5. The summed E-state index contributed by atoms with van der Waals surface area (Å²) in [6, 6.07) is -0.540. The Balaban J connectivity index is 3.34. The first kappa shape index (κ1) is 77.6. The van der Waals surface area contributed by atoms with Crippen LogP contribution >= 0.6 is 0 Å². The van der Waals surface area contributed by atoms with Crippen LogP contribution in [0.2, 0.25) is 0 Å². The van der Waals surface area contributed by atoms with Gasteiger partial charge in [0.05, 0.1) is 25.4 Å². The third kappa shape index (κ3) is 65.6. The summed E-state index contributed by atoms with van der Waals surface area (Å²) in [5.41, 5.74) is 0. The third-order valence-corrected chi connectivity index (χ3v) is 17.3. The Morgan fingerprint density at radius 1 is 0.342 bits per heavy atom. The predicted molar refractivity (Wildman–Crippen MR) is 347 cm³/mol. The first-order valence-electron chi connectivity index (χ1n) is 36.4. The molecule has 0 aromatic heterocycles. The number of aliphatic hydroxyl groups excluding tert-OH is 2. The molecule has 0 bridgehead atoms. The van der Waals surface area contributed by atoms with Crippen LogP contribution in [0.15, 0.2) is 12.2 Å². The van der Waals surface area contributed by atoms with E-state index in [0.29, 0.717) is 25.9 Å². The molecule has 6 nitrogen and oxygen atoms in total. The van der Waals surface area contributed by atoms with Crippen molar-refractivity contribution in [2.45, 2.75) is 431 Å². The number of hydrogen-bond donors (Lipinski definition) is 3. The summed E-state index contributed by atoms with van der Waals surface area (Å²) in [4.78, 5) is 24.6. The van der Waals surface area contributed by atoms with E-state index in [4.69, 9.17) is 4.74 Å². The molecule has 0 saturated carbocycles. The van der Waals surface area contributed by atoms with Crippen LogP contribution in [0.25, 0.3) is 0 Å². The van der Waals surface area contributed by atoms with Crippen LogP contribution in [-0.4, -0.2) is 47.4 Å². The fourth-order valence-corrected chi connectivity index (χ4v) is 11.8. The Morgan fingerprint density at radius 2 is 0.595 bits per heavy atom. The van der Waals surface area contributed by atoms with Gasteiger partial charge in [0, 0.05) is 12.8 Å². The minimum atomic E-state index is -0.663. The Hall–Kier alpha value is -1.40. The molecule has 0 aromatic rings. The highest BCUT2D eigenvalue weighted by Gasteiger charge is 2.20. The zero-order valence-corrected chi connectivity index (χ0v) is 53.9. The summed E-state index contributed by atoms with van der Waals surface area (Å²) in [7, 11) is 0. The molecular formula is C73H143NO5. The number of carbonyl (C=O) groups excluding carboxylic acids is 2. The van der Waals surface area contributed by atoms with E-state index in [1.807, 2.05) is 0 Å². The fraction of sp³-hybridized carbons (Fsp3) is 0.945. The van der Waals surface area contributed by atoms with Crippen molar-refractivity contribution >= 4 is 11.9 Å². The largest absolute Gasteiger partial charge is 0.466 e. The Morgan fingerprint density at radius 3 is 0.899 bits per heavy atom. The molecule has 0 rings (SSSR count). The van der Waals surface area contributed by atoms with Crippen molar-refractivity contribution < 1.29 is 24.5 Å². The summed E-state index contributed by atoms with van der Waals surface area (Å²) < 4.78 is 5.51. The molecule has 0 radical (unpaired) electrons. The molecule has 2 unspecified atom stereocenters. The number of rotatable bonds is 69. The van der Waals surface area contributed by atoms with Gasteiger partial charge in [-0.2, -0.15) is 0 Å². The average Bonchev–Trinajstić information content (AvgIpc) is 3.45. The topological polar surface area (TPSA) is 95.9 Å². The van der Waals surface area contributed by atoms with Gasteiger partial charge < -0.3 is 20.3 Å². The minimum Gasteiger partial charge on any atom is -0.466 e. The number of unbranched alkanes of at least 4 members (excludes halogenated alkanes) is 56. The zero-order chi connectivity index (χ0) is 57.1. The Bertz CT molecular complexity index is 1190. The maximum atomic E-state index is 12.5. The number of nitrogens with one attached hydrogen (secondary N) is 1. The van der Waals surface area contributed by atoms with Crippen LogP contribution in [-0.2, 0) is 14.3 Å². The van der Waals surface area contributed by atoms with Crippen LogP contribution in [0.5, 0.6) is 0 Å². The quantitative estimate of drug-likeness (QED) is 0.0320. The Kier molecular flexibility index (Phi) is 67.9. The number of esters is 1. The monoisotopic (exact) mass is 1110 g/mol. The van der Waals surface area contributed by atoms with E-state index in [2.05, 4.69) is 31.3 Å². The molecule has 0 saturated heterocycles. The number of hydrogen-bond acceptors (Lipinski definition) is 5. The maximum Gasteiger partial charge on any atom is 0.305 e. The van der Waals surface area contributed by atoms with Gasteiger partial charge in [0.25, 0.3) is 0 Å². The molecular weight excluding hydrogens is 971 g/mol. The Labute approximate surface area is 495 Å². The van der Waals surface area contributed by atoms with Crippen molar-refractivity contribution in [3.63, 3.8) is 0 Å². The predicted octanol–water partition coefficient (Wildman–Crippen LogP) is 23.5. The first-order chi connectivity index (χ1) is 39.0. The normalized spacial score (nSPS) is 12.5. The number of allylic oxidation sites excluding steroid dienone is 2. The van der Waals surface area contributed by atoms with Gasteiger partial charge in [0.15, 0.2) is 0 Å². The first-order valence-corrected chi connectivity index (χ1v) is 36.4. The van der Waals surface area contributed by atoms with Crippen molar-refractivity contribution in [1.82, 2.24) is 5.32 Å². The summed E-state index contributed by atoms with van der Waals surface area (Å²) in [5.74, 6) is -0.0127. The van der Waals surface area contributed by atoms with Crippen LogP contribution in [0, 0.1) is 0 Å². The highest BCUT2D eigenvalue weighted by molar-refractivity contribution is 5.76.